The third-order valence-corrected chi connectivity index (χ3v) is 6.38. The number of hydrogen-bond acceptors (Lipinski definition) is 4. The van der Waals surface area contributed by atoms with Crippen molar-refractivity contribution in [2.75, 3.05) is 46.5 Å². The summed E-state index contributed by atoms with van der Waals surface area (Å²) in [5.41, 5.74) is 2.16. The van der Waals surface area contributed by atoms with Crippen LogP contribution in [0, 0.1) is 5.41 Å². The highest BCUT2D eigenvalue weighted by molar-refractivity contribution is 5.94. The summed E-state index contributed by atoms with van der Waals surface area (Å²) >= 11 is 0. The summed E-state index contributed by atoms with van der Waals surface area (Å²) in [6.45, 7) is 6.05. The topological polar surface area (TPSA) is 46.9 Å². The number of hydrogen-bond donors (Lipinski definition) is 0. The third-order valence-electron chi connectivity index (χ3n) is 6.38. The largest absolute Gasteiger partial charge is 0.497 e. The molecule has 0 saturated carbocycles. The van der Waals surface area contributed by atoms with Crippen LogP contribution in [0.25, 0.3) is 0 Å². The second kappa shape index (κ2) is 8.59. The summed E-state index contributed by atoms with van der Waals surface area (Å²) < 4.78 is 13.5. The Morgan fingerprint density at radius 2 is 2.00 bits per heavy atom. The van der Waals surface area contributed by atoms with Crippen molar-refractivity contribution in [3.8, 4) is 5.75 Å². The van der Waals surface area contributed by atoms with Crippen molar-refractivity contribution in [3.63, 3.8) is 0 Å². The lowest BCUT2D eigenvalue weighted by Crippen LogP contribution is -2.48. The van der Waals surface area contributed by atoms with Gasteiger partial charge in [0.25, 0.3) is 5.91 Å². The minimum Gasteiger partial charge on any atom is -0.497 e. The van der Waals surface area contributed by atoms with Crippen molar-refractivity contribution in [2.45, 2.75) is 19.4 Å². The fourth-order valence-corrected chi connectivity index (χ4v) is 4.53. The van der Waals surface area contributed by atoms with Crippen LogP contribution < -0.4 is 4.74 Å². The molecule has 29 heavy (non-hydrogen) atoms. The first-order valence-corrected chi connectivity index (χ1v) is 10.4. The quantitative estimate of drug-likeness (QED) is 0.796. The Balaban J connectivity index is 1.40. The zero-order chi connectivity index (χ0) is 20.3. The summed E-state index contributed by atoms with van der Waals surface area (Å²) in [6.07, 6.45) is 4.06. The minimum absolute atomic E-state index is 0.0916. The van der Waals surface area contributed by atoms with Crippen LogP contribution in [0.4, 0.5) is 0 Å². The highest BCUT2D eigenvalue weighted by Gasteiger charge is 2.39. The number of methoxy groups -OCH3 is 1. The summed E-state index contributed by atoms with van der Waals surface area (Å²) in [6, 6.07) is 11.7. The number of aromatic nitrogens is 1. The number of rotatable bonds is 4. The number of benzene rings is 1. The molecule has 6 nitrogen and oxygen atoms in total. The van der Waals surface area contributed by atoms with Crippen molar-refractivity contribution >= 4 is 5.91 Å². The van der Waals surface area contributed by atoms with Gasteiger partial charge in [0.2, 0.25) is 0 Å². The van der Waals surface area contributed by atoms with E-state index in [0.717, 1.165) is 64.5 Å². The van der Waals surface area contributed by atoms with Gasteiger partial charge < -0.3 is 18.9 Å². The SMILES string of the molecule is COc1cccc(C(=O)N2CCC3(CC2)COCCN(Cc2cccn2C)C3)c1. The summed E-state index contributed by atoms with van der Waals surface area (Å²) in [4.78, 5) is 17.4. The van der Waals surface area contributed by atoms with Crippen molar-refractivity contribution in [1.82, 2.24) is 14.4 Å². The average Bonchev–Trinajstić information content (AvgIpc) is 3.04. The normalized spacial score (nSPS) is 19.9. The fraction of sp³-hybridized carbons (Fsp3) is 0.522. The molecule has 3 heterocycles. The average molecular weight is 398 g/mol. The van der Waals surface area contributed by atoms with Crippen LogP contribution in [-0.2, 0) is 18.3 Å². The molecule has 0 atom stereocenters. The Morgan fingerprint density at radius 3 is 2.72 bits per heavy atom. The van der Waals surface area contributed by atoms with Gasteiger partial charge in [-0.15, -0.1) is 0 Å². The Labute approximate surface area is 173 Å². The van der Waals surface area contributed by atoms with Gasteiger partial charge in [-0.05, 0) is 43.2 Å². The van der Waals surface area contributed by atoms with E-state index in [1.165, 1.54) is 5.69 Å². The van der Waals surface area contributed by atoms with Crippen LogP contribution in [0.2, 0.25) is 0 Å². The zero-order valence-corrected chi connectivity index (χ0v) is 17.5. The maximum atomic E-state index is 12.9. The van der Waals surface area contributed by atoms with E-state index in [0.29, 0.717) is 5.56 Å². The van der Waals surface area contributed by atoms with Crippen molar-refractivity contribution < 1.29 is 14.3 Å². The summed E-state index contributed by atoms with van der Waals surface area (Å²) in [7, 11) is 3.73. The molecule has 1 aromatic heterocycles. The number of nitrogens with zero attached hydrogens (tertiary/aromatic N) is 3. The van der Waals surface area contributed by atoms with E-state index in [9.17, 15) is 4.79 Å². The first kappa shape index (κ1) is 20.0. The van der Waals surface area contributed by atoms with Crippen LogP contribution >= 0.6 is 0 Å². The van der Waals surface area contributed by atoms with E-state index >= 15 is 0 Å². The monoisotopic (exact) mass is 397 g/mol. The molecule has 1 amide bonds. The van der Waals surface area contributed by atoms with Gasteiger partial charge in [-0.25, -0.2) is 0 Å². The van der Waals surface area contributed by atoms with Gasteiger partial charge in [0, 0.05) is 62.6 Å². The van der Waals surface area contributed by atoms with E-state index in [2.05, 4.69) is 34.8 Å². The van der Waals surface area contributed by atoms with Gasteiger partial charge in [0.05, 0.1) is 20.3 Å². The molecule has 1 spiro atoms. The number of aryl methyl sites for hydroxylation is 1. The minimum atomic E-state index is 0.0916. The highest BCUT2D eigenvalue weighted by Crippen LogP contribution is 2.35. The van der Waals surface area contributed by atoms with Gasteiger partial charge in [-0.1, -0.05) is 6.07 Å². The molecule has 6 heteroatoms. The van der Waals surface area contributed by atoms with Crippen molar-refractivity contribution in [2.24, 2.45) is 12.5 Å². The van der Waals surface area contributed by atoms with E-state index < -0.39 is 0 Å². The van der Waals surface area contributed by atoms with Crippen LogP contribution in [0.5, 0.6) is 5.75 Å². The second-order valence-electron chi connectivity index (χ2n) is 8.40. The molecule has 0 radical (unpaired) electrons. The number of ether oxygens (including phenoxy) is 2. The van der Waals surface area contributed by atoms with Crippen LogP contribution in [0.1, 0.15) is 28.9 Å². The molecular formula is C23H31N3O3. The molecule has 0 aliphatic carbocycles. The van der Waals surface area contributed by atoms with Crippen molar-refractivity contribution in [3.05, 3.63) is 53.9 Å². The lowest BCUT2D eigenvalue weighted by molar-refractivity contribution is 0.0144. The second-order valence-corrected chi connectivity index (χ2v) is 8.40. The summed E-state index contributed by atoms with van der Waals surface area (Å²) in [5.74, 6) is 0.812. The standard InChI is InChI=1S/C23H31N3O3/c1-24-10-4-6-20(24)16-25-13-14-29-18-23(17-25)8-11-26(12-9-23)22(27)19-5-3-7-21(15-19)28-2/h3-7,10,15H,8-9,11-14,16-18H2,1-2H3. The maximum Gasteiger partial charge on any atom is 0.253 e. The molecule has 2 aromatic rings. The van der Waals surface area contributed by atoms with Crippen LogP contribution in [0.15, 0.2) is 42.6 Å². The van der Waals surface area contributed by atoms with Crippen LogP contribution in [-0.4, -0.2) is 66.8 Å². The van der Waals surface area contributed by atoms with E-state index in [-0.39, 0.29) is 11.3 Å². The molecular weight excluding hydrogens is 366 g/mol. The Kier molecular flexibility index (Phi) is 5.92. The molecule has 2 aliphatic rings. The Bertz CT molecular complexity index is 839. The molecule has 2 aliphatic heterocycles. The van der Waals surface area contributed by atoms with Gasteiger partial charge in [0.1, 0.15) is 5.75 Å². The lowest BCUT2D eigenvalue weighted by atomic mass is 9.78. The van der Waals surface area contributed by atoms with Crippen molar-refractivity contribution in [1.29, 1.82) is 0 Å². The van der Waals surface area contributed by atoms with Gasteiger partial charge in [-0.2, -0.15) is 0 Å². The van der Waals surface area contributed by atoms with E-state index in [4.69, 9.17) is 9.47 Å². The molecule has 0 N–H and O–H groups in total. The van der Waals surface area contributed by atoms with Crippen LogP contribution in [0.3, 0.4) is 0 Å². The molecule has 4 rings (SSSR count). The number of piperidine rings is 1. The third kappa shape index (κ3) is 4.49. The zero-order valence-electron chi connectivity index (χ0n) is 17.5. The predicted octanol–water partition coefficient (Wildman–Crippen LogP) is 2.79. The number of likely N-dealkylation sites (tertiary alicyclic amines) is 1. The molecule has 156 valence electrons. The molecule has 0 unspecified atom stereocenters. The highest BCUT2D eigenvalue weighted by atomic mass is 16.5. The van der Waals surface area contributed by atoms with Gasteiger partial charge in [0.15, 0.2) is 0 Å². The smallest absolute Gasteiger partial charge is 0.253 e. The van der Waals surface area contributed by atoms with E-state index in [1.807, 2.05) is 29.2 Å². The number of amides is 1. The van der Waals surface area contributed by atoms with E-state index in [1.54, 1.807) is 7.11 Å². The molecule has 1 aromatic carbocycles. The maximum absolute atomic E-state index is 12.9. The molecule has 0 bridgehead atoms. The van der Waals surface area contributed by atoms with Gasteiger partial charge >= 0.3 is 0 Å². The lowest BCUT2D eigenvalue weighted by Gasteiger charge is -2.42. The predicted molar refractivity (Wildman–Crippen MR) is 112 cm³/mol. The molecule has 2 saturated heterocycles. The Hall–Kier alpha value is -2.31. The first-order valence-electron chi connectivity index (χ1n) is 10.4. The number of carbonyl (C=O) groups excluding carboxylic acids is 1. The van der Waals surface area contributed by atoms with Gasteiger partial charge in [-0.3, -0.25) is 9.69 Å². The number of carbonyl (C=O) groups is 1. The molecule has 2 fully saturated rings. The first-order chi connectivity index (χ1) is 14.1. The summed E-state index contributed by atoms with van der Waals surface area (Å²) in [5, 5.41) is 0. The Morgan fingerprint density at radius 1 is 1.17 bits per heavy atom. The fourth-order valence-electron chi connectivity index (χ4n) is 4.53.